The fourth-order valence-corrected chi connectivity index (χ4v) is 2.04. The van der Waals surface area contributed by atoms with Crippen molar-refractivity contribution in [3.63, 3.8) is 0 Å². The number of quaternary nitrogens is 1. The summed E-state index contributed by atoms with van der Waals surface area (Å²) in [5.74, 6) is -0.305. The van der Waals surface area contributed by atoms with Crippen LogP contribution in [0.5, 0.6) is 0 Å². The van der Waals surface area contributed by atoms with Gasteiger partial charge in [-0.05, 0) is 19.4 Å². The predicted molar refractivity (Wildman–Crippen MR) is 83.3 cm³/mol. The standard InChI is InChI=1S/C15H22ClN3O2/c1-4-11(2)17-15(21)18-14(20)10-19(3)9-12-7-5-6-8-13(12)16/h5-8,11H,4,9-10H2,1-3H3,(H2,17,18,20,21)/p+1/t11-/m1/s1. The van der Waals surface area contributed by atoms with E-state index in [0.29, 0.717) is 11.6 Å². The molecule has 21 heavy (non-hydrogen) atoms. The fraction of sp³-hybridized carbons (Fsp3) is 0.467. The maximum atomic E-state index is 11.8. The monoisotopic (exact) mass is 312 g/mol. The molecule has 0 aliphatic carbocycles. The Morgan fingerprint density at radius 3 is 2.62 bits per heavy atom. The van der Waals surface area contributed by atoms with Crippen LogP contribution in [0.25, 0.3) is 0 Å². The summed E-state index contributed by atoms with van der Waals surface area (Å²) in [5.41, 5.74) is 0.980. The van der Waals surface area contributed by atoms with Gasteiger partial charge in [0.05, 0.1) is 7.05 Å². The van der Waals surface area contributed by atoms with E-state index in [0.717, 1.165) is 16.9 Å². The lowest BCUT2D eigenvalue weighted by molar-refractivity contribution is -0.885. The Hall–Kier alpha value is -1.59. The number of likely N-dealkylation sites (N-methyl/N-ethyl adjacent to an activating group) is 1. The van der Waals surface area contributed by atoms with E-state index in [1.807, 2.05) is 45.2 Å². The second-order valence-corrected chi connectivity index (χ2v) is 5.64. The highest BCUT2D eigenvalue weighted by Crippen LogP contribution is 2.13. The molecule has 1 unspecified atom stereocenters. The molecule has 0 heterocycles. The highest BCUT2D eigenvalue weighted by Gasteiger charge is 2.15. The summed E-state index contributed by atoms with van der Waals surface area (Å²) in [7, 11) is 1.88. The normalized spacial score (nSPS) is 13.3. The average molecular weight is 313 g/mol. The predicted octanol–water partition coefficient (Wildman–Crippen LogP) is 0.979. The van der Waals surface area contributed by atoms with Gasteiger partial charge in [-0.2, -0.15) is 0 Å². The summed E-state index contributed by atoms with van der Waals surface area (Å²) in [5, 5.41) is 5.71. The van der Waals surface area contributed by atoms with E-state index < -0.39 is 6.03 Å². The molecule has 1 rings (SSSR count). The second-order valence-electron chi connectivity index (χ2n) is 5.23. The third kappa shape index (κ3) is 6.60. The van der Waals surface area contributed by atoms with Crippen molar-refractivity contribution in [1.29, 1.82) is 0 Å². The van der Waals surface area contributed by atoms with Gasteiger partial charge in [0.1, 0.15) is 6.54 Å². The van der Waals surface area contributed by atoms with Crippen molar-refractivity contribution in [3.8, 4) is 0 Å². The largest absolute Gasteiger partial charge is 0.335 e. The van der Waals surface area contributed by atoms with Gasteiger partial charge in [0.25, 0.3) is 5.91 Å². The van der Waals surface area contributed by atoms with Crippen LogP contribution < -0.4 is 15.5 Å². The van der Waals surface area contributed by atoms with Crippen LogP contribution in [-0.2, 0) is 11.3 Å². The molecule has 0 aliphatic heterocycles. The Balaban J connectivity index is 2.40. The summed E-state index contributed by atoms with van der Waals surface area (Å²) in [6, 6.07) is 7.13. The van der Waals surface area contributed by atoms with Crippen molar-refractivity contribution >= 4 is 23.5 Å². The number of carbonyl (C=O) groups is 2. The number of hydrogen-bond acceptors (Lipinski definition) is 2. The van der Waals surface area contributed by atoms with Crippen LogP contribution in [0.3, 0.4) is 0 Å². The highest BCUT2D eigenvalue weighted by molar-refractivity contribution is 6.31. The van der Waals surface area contributed by atoms with Crippen molar-refractivity contribution in [2.24, 2.45) is 0 Å². The average Bonchev–Trinajstić information content (AvgIpc) is 2.40. The Kier molecular flexibility index (Phi) is 7.19. The summed E-state index contributed by atoms with van der Waals surface area (Å²) >= 11 is 6.08. The first kappa shape index (κ1) is 17.5. The van der Waals surface area contributed by atoms with Gasteiger partial charge in [-0.15, -0.1) is 0 Å². The highest BCUT2D eigenvalue weighted by atomic mass is 35.5. The summed E-state index contributed by atoms with van der Waals surface area (Å²) in [6.07, 6.45) is 0.819. The SMILES string of the molecule is CC[C@@H](C)NC(=O)NC(=O)C[NH+](C)Cc1ccccc1Cl. The number of nitrogens with one attached hydrogen (secondary N) is 3. The van der Waals surface area contributed by atoms with Gasteiger partial charge in [0, 0.05) is 16.6 Å². The lowest BCUT2D eigenvalue weighted by Gasteiger charge is -2.15. The topological polar surface area (TPSA) is 62.6 Å². The van der Waals surface area contributed by atoms with E-state index in [2.05, 4.69) is 10.6 Å². The first-order valence-corrected chi connectivity index (χ1v) is 7.45. The van der Waals surface area contributed by atoms with Crippen LogP contribution in [-0.4, -0.2) is 31.6 Å². The number of imide groups is 1. The van der Waals surface area contributed by atoms with Crippen LogP contribution >= 0.6 is 11.6 Å². The lowest BCUT2D eigenvalue weighted by atomic mass is 10.2. The third-order valence-electron chi connectivity index (χ3n) is 3.16. The van der Waals surface area contributed by atoms with Crippen molar-refractivity contribution in [2.45, 2.75) is 32.9 Å². The Labute approximate surface area is 130 Å². The Morgan fingerprint density at radius 2 is 2.00 bits per heavy atom. The quantitative estimate of drug-likeness (QED) is 0.733. The van der Waals surface area contributed by atoms with Gasteiger partial charge in [-0.1, -0.05) is 36.7 Å². The number of halogens is 1. The smallest absolute Gasteiger partial charge is 0.321 e. The third-order valence-corrected chi connectivity index (χ3v) is 3.52. The summed E-state index contributed by atoms with van der Waals surface area (Å²) in [6.45, 7) is 4.69. The minimum Gasteiger partial charge on any atom is -0.335 e. The molecular weight excluding hydrogens is 290 g/mol. The van der Waals surface area contributed by atoms with E-state index in [-0.39, 0.29) is 18.5 Å². The number of hydrogen-bond donors (Lipinski definition) is 3. The molecular formula is C15H23ClN3O2+. The summed E-state index contributed by atoms with van der Waals surface area (Å²) < 4.78 is 0. The molecule has 0 fully saturated rings. The number of carbonyl (C=O) groups excluding carboxylic acids is 2. The second kappa shape index (κ2) is 8.64. The Bertz CT molecular complexity index is 494. The number of amides is 3. The molecule has 3 N–H and O–H groups in total. The molecule has 2 atom stereocenters. The van der Waals surface area contributed by atoms with E-state index in [4.69, 9.17) is 11.6 Å². The van der Waals surface area contributed by atoms with Gasteiger partial charge < -0.3 is 10.2 Å². The Morgan fingerprint density at radius 1 is 1.33 bits per heavy atom. The van der Waals surface area contributed by atoms with Gasteiger partial charge >= 0.3 is 6.03 Å². The minimum absolute atomic E-state index is 0.0472. The van der Waals surface area contributed by atoms with Crippen LogP contribution in [0.4, 0.5) is 4.79 Å². The molecule has 0 aromatic heterocycles. The molecule has 0 bridgehead atoms. The van der Waals surface area contributed by atoms with Crippen LogP contribution in [0.15, 0.2) is 24.3 Å². The van der Waals surface area contributed by atoms with Gasteiger partial charge in [0.2, 0.25) is 0 Å². The van der Waals surface area contributed by atoms with Gasteiger partial charge in [0.15, 0.2) is 6.54 Å². The van der Waals surface area contributed by atoms with Crippen LogP contribution in [0.2, 0.25) is 5.02 Å². The molecule has 0 aliphatic rings. The first-order valence-electron chi connectivity index (χ1n) is 7.07. The maximum absolute atomic E-state index is 11.8. The molecule has 1 aromatic rings. The molecule has 6 heteroatoms. The van der Waals surface area contributed by atoms with Gasteiger partial charge in [-0.25, -0.2) is 4.79 Å². The number of rotatable bonds is 6. The van der Waals surface area contributed by atoms with E-state index in [1.54, 1.807) is 0 Å². The van der Waals surface area contributed by atoms with Crippen molar-refractivity contribution in [3.05, 3.63) is 34.9 Å². The van der Waals surface area contributed by atoms with Crippen molar-refractivity contribution in [2.75, 3.05) is 13.6 Å². The number of benzene rings is 1. The first-order chi connectivity index (χ1) is 9.92. The fourth-order valence-electron chi connectivity index (χ4n) is 1.84. The van der Waals surface area contributed by atoms with E-state index >= 15 is 0 Å². The zero-order chi connectivity index (χ0) is 15.8. The van der Waals surface area contributed by atoms with E-state index in [9.17, 15) is 9.59 Å². The minimum atomic E-state index is -0.445. The lowest BCUT2D eigenvalue weighted by Crippen LogP contribution is -3.09. The molecule has 5 nitrogen and oxygen atoms in total. The van der Waals surface area contributed by atoms with Crippen LogP contribution in [0.1, 0.15) is 25.8 Å². The molecule has 116 valence electrons. The molecule has 0 spiro atoms. The zero-order valence-electron chi connectivity index (χ0n) is 12.7. The number of urea groups is 1. The van der Waals surface area contributed by atoms with Crippen molar-refractivity contribution < 1.29 is 14.5 Å². The van der Waals surface area contributed by atoms with E-state index in [1.165, 1.54) is 0 Å². The van der Waals surface area contributed by atoms with Crippen molar-refractivity contribution in [1.82, 2.24) is 10.6 Å². The zero-order valence-corrected chi connectivity index (χ0v) is 13.5. The molecule has 0 saturated carbocycles. The summed E-state index contributed by atoms with van der Waals surface area (Å²) in [4.78, 5) is 24.3. The molecule has 0 radical (unpaired) electrons. The molecule has 3 amide bonds. The van der Waals surface area contributed by atoms with Gasteiger partial charge in [-0.3, -0.25) is 10.1 Å². The van der Waals surface area contributed by atoms with Crippen LogP contribution in [0, 0.1) is 0 Å². The maximum Gasteiger partial charge on any atom is 0.321 e. The molecule has 0 saturated heterocycles. The molecule has 1 aromatic carbocycles.